The van der Waals surface area contributed by atoms with Gasteiger partial charge >= 0.3 is 0 Å². The molecule has 5 nitrogen and oxygen atoms in total. The van der Waals surface area contributed by atoms with Crippen LogP contribution in [0.1, 0.15) is 39.9 Å². The van der Waals surface area contributed by atoms with Crippen molar-refractivity contribution in [3.05, 3.63) is 64.7 Å². The van der Waals surface area contributed by atoms with E-state index in [9.17, 15) is 4.79 Å². The van der Waals surface area contributed by atoms with Gasteiger partial charge in [-0.05, 0) is 57.0 Å². The van der Waals surface area contributed by atoms with Gasteiger partial charge < -0.3 is 9.32 Å². The maximum absolute atomic E-state index is 12.9. The highest BCUT2D eigenvalue weighted by Gasteiger charge is 2.21. The lowest BCUT2D eigenvalue weighted by molar-refractivity contribution is 0.0763. The number of furan rings is 1. The number of aryl methyl sites for hydroxylation is 4. The number of hydrogen-bond acceptors (Lipinski definition) is 3. The van der Waals surface area contributed by atoms with Crippen molar-refractivity contribution < 1.29 is 9.21 Å². The maximum atomic E-state index is 12.9. The van der Waals surface area contributed by atoms with Gasteiger partial charge in [-0.15, -0.1) is 0 Å². The fourth-order valence-electron chi connectivity index (χ4n) is 3.44. The molecule has 0 aliphatic rings. The third-order valence-corrected chi connectivity index (χ3v) is 4.55. The molecule has 0 saturated heterocycles. The lowest BCUT2D eigenvalue weighted by Crippen LogP contribution is -2.28. The molecule has 136 valence electrons. The molecule has 0 N–H and O–H groups in total. The summed E-state index contributed by atoms with van der Waals surface area (Å²) in [7, 11) is 1.78. The van der Waals surface area contributed by atoms with Crippen molar-refractivity contribution in [1.82, 2.24) is 14.7 Å². The van der Waals surface area contributed by atoms with Crippen LogP contribution in [0.2, 0.25) is 0 Å². The smallest absolute Gasteiger partial charge is 0.272 e. The first-order valence-corrected chi connectivity index (χ1v) is 8.84. The molecule has 0 aliphatic carbocycles. The van der Waals surface area contributed by atoms with Crippen LogP contribution in [0.4, 0.5) is 0 Å². The van der Waals surface area contributed by atoms with Crippen LogP contribution in [0.3, 0.4) is 0 Å². The molecule has 0 aliphatic heterocycles. The Hall–Kier alpha value is -2.82. The Labute approximate surface area is 154 Å². The topological polar surface area (TPSA) is 51.3 Å². The number of carbonyl (C=O) groups is 1. The molecule has 0 saturated carbocycles. The molecule has 0 unspecified atom stereocenters. The van der Waals surface area contributed by atoms with Crippen molar-refractivity contribution >= 4 is 5.91 Å². The quantitative estimate of drug-likeness (QED) is 0.686. The molecule has 1 aromatic carbocycles. The standard InChI is InChI=1S/C21H25N3O2/c1-6-24-19(21(25)23(5)13-17-8-7-9-26-17)12-18(22-24)20-15(3)10-14(2)11-16(20)4/h7-12H,6,13H2,1-5H3. The summed E-state index contributed by atoms with van der Waals surface area (Å²) in [6, 6.07) is 9.89. The Balaban J connectivity index is 1.95. The predicted molar refractivity (Wildman–Crippen MR) is 102 cm³/mol. The molecule has 0 radical (unpaired) electrons. The first-order chi connectivity index (χ1) is 12.4. The van der Waals surface area contributed by atoms with Crippen molar-refractivity contribution in [3.63, 3.8) is 0 Å². The van der Waals surface area contributed by atoms with E-state index in [2.05, 4.69) is 32.9 Å². The van der Waals surface area contributed by atoms with Gasteiger partial charge in [0.2, 0.25) is 0 Å². The molecule has 3 aromatic rings. The molecule has 1 amide bonds. The second-order valence-corrected chi connectivity index (χ2v) is 6.74. The summed E-state index contributed by atoms with van der Waals surface area (Å²) in [5.74, 6) is 0.693. The van der Waals surface area contributed by atoms with Gasteiger partial charge in [0.1, 0.15) is 11.5 Å². The van der Waals surface area contributed by atoms with E-state index in [-0.39, 0.29) is 5.91 Å². The van der Waals surface area contributed by atoms with Gasteiger partial charge in [-0.3, -0.25) is 9.48 Å². The molecule has 0 atom stereocenters. The molecule has 5 heteroatoms. The zero-order chi connectivity index (χ0) is 18.8. The lowest BCUT2D eigenvalue weighted by Gasteiger charge is -2.16. The van der Waals surface area contributed by atoms with E-state index in [4.69, 9.17) is 9.52 Å². The number of carbonyl (C=O) groups excluding carboxylic acids is 1. The zero-order valence-electron chi connectivity index (χ0n) is 16.0. The second-order valence-electron chi connectivity index (χ2n) is 6.74. The minimum atomic E-state index is -0.0654. The van der Waals surface area contributed by atoms with Crippen molar-refractivity contribution in [2.24, 2.45) is 0 Å². The molecule has 0 spiro atoms. The molecule has 2 aromatic heterocycles. The number of benzene rings is 1. The Morgan fingerprint density at radius 2 is 1.88 bits per heavy atom. The second kappa shape index (κ2) is 7.20. The van der Waals surface area contributed by atoms with Crippen LogP contribution in [0, 0.1) is 20.8 Å². The van der Waals surface area contributed by atoms with E-state index in [1.54, 1.807) is 22.9 Å². The highest BCUT2D eigenvalue weighted by molar-refractivity contribution is 5.93. The molecule has 0 fully saturated rings. The van der Waals surface area contributed by atoms with Crippen LogP contribution < -0.4 is 0 Å². The number of rotatable bonds is 5. The van der Waals surface area contributed by atoms with Crippen molar-refractivity contribution in [3.8, 4) is 11.3 Å². The summed E-state index contributed by atoms with van der Waals surface area (Å²) in [4.78, 5) is 14.6. The number of amides is 1. The predicted octanol–water partition coefficient (Wildman–Crippen LogP) is 4.36. The largest absolute Gasteiger partial charge is 0.467 e. The SMILES string of the molecule is CCn1nc(-c2c(C)cc(C)cc2C)cc1C(=O)N(C)Cc1ccco1. The zero-order valence-corrected chi connectivity index (χ0v) is 16.0. The fourth-order valence-corrected chi connectivity index (χ4v) is 3.44. The minimum Gasteiger partial charge on any atom is -0.467 e. The van der Waals surface area contributed by atoms with Gasteiger partial charge in [-0.1, -0.05) is 17.7 Å². The minimum absolute atomic E-state index is 0.0654. The third-order valence-electron chi connectivity index (χ3n) is 4.55. The van der Waals surface area contributed by atoms with Crippen molar-refractivity contribution in [2.45, 2.75) is 40.8 Å². The highest BCUT2D eigenvalue weighted by Crippen LogP contribution is 2.28. The van der Waals surface area contributed by atoms with E-state index < -0.39 is 0 Å². The average Bonchev–Trinajstić information content (AvgIpc) is 3.22. The molecule has 0 bridgehead atoms. The Bertz CT molecular complexity index is 900. The normalized spacial score (nSPS) is 11.0. The van der Waals surface area contributed by atoms with Crippen molar-refractivity contribution in [2.75, 3.05) is 7.05 Å². The van der Waals surface area contributed by atoms with Gasteiger partial charge in [0.15, 0.2) is 0 Å². The number of aromatic nitrogens is 2. The van der Waals surface area contributed by atoms with Gasteiger partial charge in [-0.25, -0.2) is 0 Å². The average molecular weight is 351 g/mol. The summed E-state index contributed by atoms with van der Waals surface area (Å²) in [5.41, 5.74) is 6.11. The summed E-state index contributed by atoms with van der Waals surface area (Å²) in [6.45, 7) is 9.33. The Morgan fingerprint density at radius 1 is 1.19 bits per heavy atom. The van der Waals surface area contributed by atoms with Gasteiger partial charge in [0.05, 0.1) is 18.5 Å². The fraction of sp³-hybridized carbons (Fsp3) is 0.333. The first kappa shape index (κ1) is 18.0. The van der Waals surface area contributed by atoms with E-state index in [0.717, 1.165) is 17.0 Å². The van der Waals surface area contributed by atoms with Gasteiger partial charge in [-0.2, -0.15) is 5.10 Å². The third kappa shape index (κ3) is 3.43. The molecular weight excluding hydrogens is 326 g/mol. The molecule has 3 rings (SSSR count). The Kier molecular flexibility index (Phi) is 4.98. The number of nitrogens with zero attached hydrogens (tertiary/aromatic N) is 3. The number of hydrogen-bond donors (Lipinski definition) is 0. The van der Waals surface area contributed by atoms with Crippen molar-refractivity contribution in [1.29, 1.82) is 0 Å². The summed E-state index contributed by atoms with van der Waals surface area (Å²) in [5, 5.41) is 4.70. The van der Waals surface area contributed by atoms with Crippen LogP contribution >= 0.6 is 0 Å². The van der Waals surface area contributed by atoms with Crippen LogP contribution in [0.15, 0.2) is 41.0 Å². The maximum Gasteiger partial charge on any atom is 0.272 e. The van der Waals surface area contributed by atoms with Gasteiger partial charge in [0, 0.05) is 19.2 Å². The summed E-state index contributed by atoms with van der Waals surface area (Å²) in [6.07, 6.45) is 1.62. The molecule has 2 heterocycles. The van der Waals surface area contributed by atoms with Crippen LogP contribution in [-0.4, -0.2) is 27.6 Å². The summed E-state index contributed by atoms with van der Waals surface area (Å²) >= 11 is 0. The summed E-state index contributed by atoms with van der Waals surface area (Å²) < 4.78 is 7.12. The van der Waals surface area contributed by atoms with E-state index >= 15 is 0 Å². The van der Waals surface area contributed by atoms with Gasteiger partial charge in [0.25, 0.3) is 5.91 Å². The van der Waals surface area contributed by atoms with Crippen LogP contribution in [0.5, 0.6) is 0 Å². The Morgan fingerprint density at radius 3 is 2.46 bits per heavy atom. The van der Waals surface area contributed by atoms with E-state index in [1.165, 1.54) is 16.7 Å². The van der Waals surface area contributed by atoms with Crippen LogP contribution in [-0.2, 0) is 13.1 Å². The van der Waals surface area contributed by atoms with E-state index in [0.29, 0.717) is 18.8 Å². The highest BCUT2D eigenvalue weighted by atomic mass is 16.3. The first-order valence-electron chi connectivity index (χ1n) is 8.84. The van der Waals surface area contributed by atoms with E-state index in [1.807, 2.05) is 25.1 Å². The van der Waals surface area contributed by atoms with Crippen LogP contribution in [0.25, 0.3) is 11.3 Å². The molecular formula is C21H25N3O2. The molecule has 26 heavy (non-hydrogen) atoms. The monoisotopic (exact) mass is 351 g/mol. The lowest BCUT2D eigenvalue weighted by atomic mass is 9.97.